The molecule has 32 heavy (non-hydrogen) atoms. The summed E-state index contributed by atoms with van der Waals surface area (Å²) < 4.78 is 13.4. The van der Waals surface area contributed by atoms with E-state index in [1.54, 1.807) is 0 Å². The Labute approximate surface area is 205 Å². The maximum atomic E-state index is 6.45. The Bertz CT molecular complexity index is 1430. The lowest BCUT2D eigenvalue weighted by Gasteiger charge is -2.29. The van der Waals surface area contributed by atoms with Crippen molar-refractivity contribution in [3.8, 4) is 0 Å². The highest BCUT2D eigenvalue weighted by atomic mass is 35.9. The number of hydrogen-bond donors (Lipinski definition) is 2. The number of anilines is 2. The van der Waals surface area contributed by atoms with Crippen LogP contribution in [0.1, 0.15) is 0 Å². The van der Waals surface area contributed by atoms with Gasteiger partial charge in [0.1, 0.15) is 0 Å². The molecule has 0 aliphatic carbocycles. The average Bonchev–Trinajstić information content (AvgIpc) is 2.71. The van der Waals surface area contributed by atoms with Gasteiger partial charge in [-0.25, -0.2) is 0 Å². The van der Waals surface area contributed by atoms with Gasteiger partial charge in [0.05, 0.1) is 0 Å². The minimum absolute atomic E-state index is 0.793. The smallest absolute Gasteiger partial charge is 0.266 e. The van der Waals surface area contributed by atoms with Crippen LogP contribution in [0.4, 0.5) is 11.4 Å². The molecule has 0 spiro atoms. The largest absolute Gasteiger partial charge is 0.319 e. The maximum absolute atomic E-state index is 6.45. The third kappa shape index (κ3) is 5.01. The molecular formula is C20H16Cl4N5P3. The van der Waals surface area contributed by atoms with E-state index in [0.717, 1.165) is 32.9 Å². The Kier molecular flexibility index (Phi) is 6.06. The Hall–Kier alpha value is -1.15. The number of nitrogens with one attached hydrogen (secondary N) is 2. The lowest BCUT2D eigenvalue weighted by Crippen LogP contribution is -2.05. The Balaban J connectivity index is 1.64. The van der Waals surface area contributed by atoms with Gasteiger partial charge in [0.15, 0.2) is 0 Å². The summed E-state index contributed by atoms with van der Waals surface area (Å²) in [4.78, 5) is 0. The molecule has 164 valence electrons. The van der Waals surface area contributed by atoms with Gasteiger partial charge in [0.25, 0.3) is 19.3 Å². The molecule has 4 aromatic rings. The highest BCUT2D eigenvalue weighted by Gasteiger charge is 2.34. The molecule has 0 fully saturated rings. The van der Waals surface area contributed by atoms with Crippen molar-refractivity contribution in [2.24, 2.45) is 13.5 Å². The number of hydrogen-bond acceptors (Lipinski definition) is 5. The summed E-state index contributed by atoms with van der Waals surface area (Å²) in [5.41, 5.74) is 1.59. The van der Waals surface area contributed by atoms with Crippen LogP contribution >= 0.6 is 64.3 Å². The highest BCUT2D eigenvalue weighted by molar-refractivity contribution is 8.21. The van der Waals surface area contributed by atoms with Gasteiger partial charge in [0.2, 0.25) is 0 Å². The molecule has 0 radical (unpaired) electrons. The summed E-state index contributed by atoms with van der Waals surface area (Å²) in [6, 6.07) is 28.1. The third-order valence-electron chi connectivity index (χ3n) is 4.76. The van der Waals surface area contributed by atoms with Crippen LogP contribution in [0.15, 0.2) is 98.5 Å². The SMILES string of the molecule is ClP1(Cl)=NP(Cl)(Cl)=NP(Nc2ccc3ccccc3c2)(Nc2ccc3ccccc3c2)=N1. The standard InChI is InChI=1S/C20H16Cl4N5P3/c21-30(22)27-31(23,24)29-32(28-30,25-19-11-9-15-5-1-3-7-17(15)13-19)26-20-12-10-16-6-2-4-8-18(16)14-20/h1-14,25-26H. The quantitative estimate of drug-likeness (QED) is 0.244. The van der Waals surface area contributed by atoms with Gasteiger partial charge in [-0.2, -0.15) is 13.5 Å². The lowest BCUT2D eigenvalue weighted by atomic mass is 10.1. The van der Waals surface area contributed by atoms with Gasteiger partial charge in [-0.3, -0.25) is 0 Å². The molecule has 12 heteroatoms. The van der Waals surface area contributed by atoms with Crippen LogP contribution in [-0.2, 0) is 0 Å². The first kappa shape index (κ1) is 22.6. The molecule has 0 saturated carbocycles. The molecule has 0 unspecified atom stereocenters. The summed E-state index contributed by atoms with van der Waals surface area (Å²) in [6.45, 7) is 0. The van der Waals surface area contributed by atoms with E-state index < -0.39 is 19.3 Å². The van der Waals surface area contributed by atoms with Crippen molar-refractivity contribution in [2.75, 3.05) is 10.2 Å². The molecule has 5 nitrogen and oxygen atoms in total. The van der Waals surface area contributed by atoms with Crippen LogP contribution in [0.3, 0.4) is 0 Å². The topological polar surface area (TPSA) is 61.1 Å². The molecule has 0 amide bonds. The van der Waals surface area contributed by atoms with Gasteiger partial charge < -0.3 is 10.2 Å². The third-order valence-corrected chi connectivity index (χ3v) is 16.3. The van der Waals surface area contributed by atoms with Gasteiger partial charge in [0, 0.05) is 11.4 Å². The Morgan fingerprint density at radius 1 is 0.500 bits per heavy atom. The van der Waals surface area contributed by atoms with Crippen molar-refractivity contribution in [1.29, 1.82) is 0 Å². The number of rotatable bonds is 4. The molecule has 2 N–H and O–H groups in total. The summed E-state index contributed by atoms with van der Waals surface area (Å²) in [6.07, 6.45) is 0. The fourth-order valence-electron chi connectivity index (χ4n) is 3.49. The van der Waals surface area contributed by atoms with Gasteiger partial charge in [-0.15, -0.1) is 0 Å². The molecule has 0 aromatic heterocycles. The van der Waals surface area contributed by atoms with Crippen molar-refractivity contribution < 1.29 is 0 Å². The Morgan fingerprint density at radius 3 is 1.41 bits per heavy atom. The van der Waals surface area contributed by atoms with Crippen LogP contribution in [0, 0.1) is 0 Å². The zero-order chi connectivity index (χ0) is 22.4. The monoisotopic (exact) mass is 559 g/mol. The van der Waals surface area contributed by atoms with Crippen molar-refractivity contribution in [3.63, 3.8) is 0 Å². The van der Waals surface area contributed by atoms with Crippen LogP contribution in [0.5, 0.6) is 0 Å². The van der Waals surface area contributed by atoms with Crippen molar-refractivity contribution in [1.82, 2.24) is 0 Å². The van der Waals surface area contributed by atoms with E-state index in [1.807, 2.05) is 84.9 Å². The summed E-state index contributed by atoms with van der Waals surface area (Å²) in [5.74, 6) is -6.28. The summed E-state index contributed by atoms with van der Waals surface area (Å²) >= 11 is 25.8. The van der Waals surface area contributed by atoms with Gasteiger partial charge >= 0.3 is 0 Å². The van der Waals surface area contributed by atoms with E-state index in [1.165, 1.54) is 0 Å². The van der Waals surface area contributed by atoms with Crippen molar-refractivity contribution in [3.05, 3.63) is 84.9 Å². The van der Waals surface area contributed by atoms with E-state index in [-0.39, 0.29) is 0 Å². The van der Waals surface area contributed by atoms with E-state index in [0.29, 0.717) is 0 Å². The second-order valence-corrected chi connectivity index (χ2v) is 19.4. The fourth-order valence-corrected chi connectivity index (χ4v) is 18.5. The Morgan fingerprint density at radius 2 is 0.938 bits per heavy atom. The molecule has 5 rings (SSSR count). The molecule has 0 bridgehead atoms. The predicted octanol–water partition coefficient (Wildman–Crippen LogP) is 11.3. The summed E-state index contributed by atoms with van der Waals surface area (Å²) in [5, 5.41) is 11.2. The molecule has 1 aliphatic heterocycles. The fraction of sp³-hybridized carbons (Fsp3) is 0. The number of fused-ring (bicyclic) bond motifs is 2. The van der Waals surface area contributed by atoms with E-state index in [9.17, 15) is 0 Å². The average molecular weight is 561 g/mol. The van der Waals surface area contributed by atoms with Gasteiger partial charge in [-0.1, -0.05) is 60.7 Å². The van der Waals surface area contributed by atoms with Crippen LogP contribution in [0.25, 0.3) is 21.5 Å². The molecule has 1 aliphatic rings. The number of halogens is 4. The zero-order valence-electron chi connectivity index (χ0n) is 16.3. The number of benzene rings is 4. The molecule has 0 saturated heterocycles. The minimum Gasteiger partial charge on any atom is -0.319 e. The van der Waals surface area contributed by atoms with E-state index in [4.69, 9.17) is 45.0 Å². The first-order valence-electron chi connectivity index (χ1n) is 9.45. The first-order valence-corrected chi connectivity index (χ1v) is 18.2. The normalized spacial score (nSPS) is 18.2. The molecule has 1 heterocycles. The number of nitrogens with zero attached hydrogens (tertiary/aromatic N) is 3. The first-order chi connectivity index (χ1) is 15.2. The van der Waals surface area contributed by atoms with Crippen LogP contribution in [0.2, 0.25) is 0 Å². The van der Waals surface area contributed by atoms with Crippen LogP contribution in [-0.4, -0.2) is 0 Å². The molecular weight excluding hydrogens is 545 g/mol. The second kappa shape index (κ2) is 8.57. The van der Waals surface area contributed by atoms with Gasteiger partial charge in [-0.05, 0) is 90.8 Å². The highest BCUT2D eigenvalue weighted by Crippen LogP contribution is 2.84. The van der Waals surface area contributed by atoms with Crippen molar-refractivity contribution >= 4 is 97.2 Å². The lowest BCUT2D eigenvalue weighted by molar-refractivity contribution is 1.59. The van der Waals surface area contributed by atoms with E-state index in [2.05, 4.69) is 23.7 Å². The predicted molar refractivity (Wildman–Crippen MR) is 147 cm³/mol. The zero-order valence-corrected chi connectivity index (χ0v) is 22.0. The minimum atomic E-state index is -3.14. The summed E-state index contributed by atoms with van der Waals surface area (Å²) in [7, 11) is -3.01. The van der Waals surface area contributed by atoms with E-state index >= 15 is 0 Å². The maximum Gasteiger partial charge on any atom is 0.266 e. The molecule has 0 atom stereocenters. The van der Waals surface area contributed by atoms with Crippen LogP contribution < -0.4 is 10.2 Å². The second-order valence-electron chi connectivity index (χ2n) is 7.13. The molecule has 4 aromatic carbocycles. The van der Waals surface area contributed by atoms with Crippen molar-refractivity contribution in [2.45, 2.75) is 0 Å².